The van der Waals surface area contributed by atoms with Crippen molar-refractivity contribution >= 4 is 21.4 Å². The maximum absolute atomic E-state index is 11.4. The Kier molecular flexibility index (Phi) is 4.20. The molecule has 0 aromatic carbocycles. The van der Waals surface area contributed by atoms with Crippen molar-refractivity contribution in [1.29, 1.82) is 0 Å². The highest BCUT2D eigenvalue weighted by atomic mass is 32.2. The topological polar surface area (TPSA) is 88.4 Å². The summed E-state index contributed by atoms with van der Waals surface area (Å²) in [4.78, 5) is 4.26. The van der Waals surface area contributed by atoms with Crippen LogP contribution in [-0.4, -0.2) is 42.4 Å². The molecule has 0 aliphatic rings. The Morgan fingerprint density at radius 3 is 2.67 bits per heavy atom. The van der Waals surface area contributed by atoms with Gasteiger partial charge in [0, 0.05) is 24.4 Å². The summed E-state index contributed by atoms with van der Waals surface area (Å²) in [5.74, 6) is 0.624. The zero-order valence-electron chi connectivity index (χ0n) is 12.7. The second kappa shape index (κ2) is 5.61. The average Bonchev–Trinajstić information content (AvgIpc) is 2.83. The van der Waals surface area contributed by atoms with E-state index in [1.54, 1.807) is 16.9 Å². The van der Waals surface area contributed by atoms with E-state index in [1.807, 2.05) is 6.07 Å². The maximum atomic E-state index is 11.4. The molecular formula is C13H21N5O2S. The minimum absolute atomic E-state index is 0.00744. The maximum Gasteiger partial charge on any atom is 0.213 e. The summed E-state index contributed by atoms with van der Waals surface area (Å²) in [5, 5.41) is 7.58. The molecule has 0 aliphatic heterocycles. The number of nitrogens with zero attached hydrogens (tertiary/aromatic N) is 3. The molecule has 2 rings (SSSR count). The van der Waals surface area contributed by atoms with E-state index in [9.17, 15) is 8.42 Å². The third kappa shape index (κ3) is 3.70. The molecule has 116 valence electrons. The zero-order chi connectivity index (χ0) is 15.7. The normalized spacial score (nSPS) is 12.8. The Labute approximate surface area is 124 Å². The first-order chi connectivity index (χ1) is 9.73. The van der Waals surface area contributed by atoms with Gasteiger partial charge in [0.2, 0.25) is 10.0 Å². The monoisotopic (exact) mass is 311 g/mol. The van der Waals surface area contributed by atoms with Crippen LogP contribution < -0.4 is 10.0 Å². The fraction of sp³-hybridized carbons (Fsp3) is 0.538. The lowest BCUT2D eigenvalue weighted by Crippen LogP contribution is -2.26. The fourth-order valence-corrected chi connectivity index (χ4v) is 2.41. The standard InChI is InChI=1S/C13H21N5O2S/c1-13(2,3)11-9-10-12(15-5-7-18(10)17-11)16-6-8-21(19,20)14-4/h5,7,9,14H,6,8H2,1-4H3,(H,15,16). The van der Waals surface area contributed by atoms with Gasteiger partial charge >= 0.3 is 0 Å². The molecule has 0 fully saturated rings. The second-order valence-electron chi connectivity index (χ2n) is 5.84. The number of sulfonamides is 1. The van der Waals surface area contributed by atoms with Gasteiger partial charge in [-0.05, 0) is 13.1 Å². The van der Waals surface area contributed by atoms with Crippen molar-refractivity contribution in [3.05, 3.63) is 24.2 Å². The van der Waals surface area contributed by atoms with Gasteiger partial charge in [-0.2, -0.15) is 5.10 Å². The van der Waals surface area contributed by atoms with Crippen LogP contribution in [0.25, 0.3) is 5.52 Å². The molecule has 2 aromatic rings. The average molecular weight is 311 g/mol. The summed E-state index contributed by atoms with van der Waals surface area (Å²) in [6.45, 7) is 6.56. The van der Waals surface area contributed by atoms with Crippen LogP contribution in [0.5, 0.6) is 0 Å². The Morgan fingerprint density at radius 1 is 1.33 bits per heavy atom. The Bertz CT molecular complexity index is 731. The van der Waals surface area contributed by atoms with Gasteiger partial charge in [-0.3, -0.25) is 0 Å². The molecule has 8 heteroatoms. The first-order valence-electron chi connectivity index (χ1n) is 6.73. The lowest BCUT2D eigenvalue weighted by molar-refractivity contribution is 0.562. The van der Waals surface area contributed by atoms with Crippen LogP contribution >= 0.6 is 0 Å². The Morgan fingerprint density at radius 2 is 2.05 bits per heavy atom. The van der Waals surface area contributed by atoms with Gasteiger partial charge in [0.1, 0.15) is 5.52 Å². The van der Waals surface area contributed by atoms with Gasteiger partial charge in [-0.25, -0.2) is 22.6 Å². The van der Waals surface area contributed by atoms with Crippen LogP contribution in [-0.2, 0) is 15.4 Å². The molecule has 2 aromatic heterocycles. The van der Waals surface area contributed by atoms with Crippen molar-refractivity contribution in [2.75, 3.05) is 24.7 Å². The highest BCUT2D eigenvalue weighted by Gasteiger charge is 2.19. The summed E-state index contributed by atoms with van der Waals surface area (Å²) in [5.41, 5.74) is 1.74. The molecule has 0 radical (unpaired) electrons. The molecule has 0 spiro atoms. The Balaban J connectivity index is 2.22. The number of fused-ring (bicyclic) bond motifs is 1. The van der Waals surface area contributed by atoms with E-state index in [-0.39, 0.29) is 17.7 Å². The summed E-state index contributed by atoms with van der Waals surface area (Å²) in [7, 11) is -1.82. The van der Waals surface area contributed by atoms with Crippen molar-refractivity contribution in [2.45, 2.75) is 26.2 Å². The summed E-state index contributed by atoms with van der Waals surface area (Å²) < 4.78 is 26.8. The van der Waals surface area contributed by atoms with Gasteiger partial charge < -0.3 is 5.32 Å². The molecule has 2 N–H and O–H groups in total. The number of anilines is 1. The molecule has 0 amide bonds. The van der Waals surface area contributed by atoms with E-state index in [2.05, 4.69) is 40.9 Å². The number of aromatic nitrogens is 3. The van der Waals surface area contributed by atoms with Crippen LogP contribution in [0.4, 0.5) is 5.82 Å². The summed E-state index contributed by atoms with van der Waals surface area (Å²) in [6.07, 6.45) is 3.42. The van der Waals surface area contributed by atoms with Crippen molar-refractivity contribution < 1.29 is 8.42 Å². The number of hydrogen-bond acceptors (Lipinski definition) is 5. The van der Waals surface area contributed by atoms with Crippen molar-refractivity contribution in [3.8, 4) is 0 Å². The van der Waals surface area contributed by atoms with E-state index in [0.29, 0.717) is 5.82 Å². The minimum Gasteiger partial charge on any atom is -0.367 e. The lowest BCUT2D eigenvalue weighted by Gasteiger charge is -2.13. The van der Waals surface area contributed by atoms with Crippen molar-refractivity contribution in [2.24, 2.45) is 0 Å². The largest absolute Gasteiger partial charge is 0.367 e. The van der Waals surface area contributed by atoms with Crippen molar-refractivity contribution in [1.82, 2.24) is 19.3 Å². The zero-order valence-corrected chi connectivity index (χ0v) is 13.5. The molecule has 2 heterocycles. The lowest BCUT2D eigenvalue weighted by atomic mass is 9.92. The van der Waals surface area contributed by atoms with Gasteiger partial charge in [-0.1, -0.05) is 20.8 Å². The van der Waals surface area contributed by atoms with E-state index in [0.717, 1.165) is 11.2 Å². The third-order valence-electron chi connectivity index (χ3n) is 3.13. The van der Waals surface area contributed by atoms with Crippen LogP contribution in [0.2, 0.25) is 0 Å². The predicted octanol–water partition coefficient (Wildman–Crippen LogP) is 0.988. The fourth-order valence-electron chi connectivity index (χ4n) is 1.83. The van der Waals surface area contributed by atoms with Crippen molar-refractivity contribution in [3.63, 3.8) is 0 Å². The molecule has 0 unspecified atom stereocenters. The molecule has 0 saturated heterocycles. The van der Waals surface area contributed by atoms with Gasteiger partial charge in [0.25, 0.3) is 0 Å². The van der Waals surface area contributed by atoms with E-state index >= 15 is 0 Å². The number of rotatable bonds is 5. The molecular weight excluding hydrogens is 290 g/mol. The van der Waals surface area contributed by atoms with E-state index in [1.165, 1.54) is 7.05 Å². The van der Waals surface area contributed by atoms with Crippen LogP contribution in [0.3, 0.4) is 0 Å². The molecule has 0 atom stereocenters. The molecule has 0 aliphatic carbocycles. The first-order valence-corrected chi connectivity index (χ1v) is 8.38. The van der Waals surface area contributed by atoms with Gasteiger partial charge in [0.15, 0.2) is 5.82 Å². The van der Waals surface area contributed by atoms with Crippen LogP contribution in [0.15, 0.2) is 18.5 Å². The highest BCUT2D eigenvalue weighted by Crippen LogP contribution is 2.24. The summed E-state index contributed by atoms with van der Waals surface area (Å²) >= 11 is 0. The van der Waals surface area contributed by atoms with E-state index < -0.39 is 10.0 Å². The molecule has 21 heavy (non-hydrogen) atoms. The predicted molar refractivity (Wildman–Crippen MR) is 83.0 cm³/mol. The highest BCUT2D eigenvalue weighted by molar-refractivity contribution is 7.89. The van der Waals surface area contributed by atoms with Gasteiger partial charge in [0.05, 0.1) is 11.4 Å². The number of nitrogens with one attached hydrogen (secondary N) is 2. The minimum atomic E-state index is -3.22. The quantitative estimate of drug-likeness (QED) is 0.859. The SMILES string of the molecule is CNS(=O)(=O)CCNc1nccn2nc(C(C)(C)C)cc12. The molecule has 7 nitrogen and oxygen atoms in total. The third-order valence-corrected chi connectivity index (χ3v) is 4.50. The Hall–Kier alpha value is -1.67. The van der Waals surface area contributed by atoms with Crippen LogP contribution in [0, 0.1) is 0 Å². The van der Waals surface area contributed by atoms with Crippen LogP contribution in [0.1, 0.15) is 26.5 Å². The first kappa shape index (κ1) is 15.7. The second-order valence-corrected chi connectivity index (χ2v) is 7.88. The molecule has 0 saturated carbocycles. The smallest absolute Gasteiger partial charge is 0.213 e. The number of hydrogen-bond donors (Lipinski definition) is 2. The van der Waals surface area contributed by atoms with E-state index in [4.69, 9.17) is 0 Å². The molecule has 0 bridgehead atoms. The van der Waals surface area contributed by atoms with Gasteiger partial charge in [-0.15, -0.1) is 0 Å². The summed E-state index contributed by atoms with van der Waals surface area (Å²) in [6, 6.07) is 1.97.